The highest BCUT2D eigenvalue weighted by atomic mass is 16.5. The minimum atomic E-state index is -0.405. The zero-order chi connectivity index (χ0) is 19.5. The molecule has 6 nitrogen and oxygen atoms in total. The molecule has 0 spiro atoms. The van der Waals surface area contributed by atoms with Gasteiger partial charge in [-0.25, -0.2) is 0 Å². The van der Waals surface area contributed by atoms with E-state index in [1.165, 1.54) is 12.8 Å². The van der Waals surface area contributed by atoms with Crippen molar-refractivity contribution in [2.45, 2.75) is 32.6 Å². The van der Waals surface area contributed by atoms with Gasteiger partial charge in [0.25, 0.3) is 11.8 Å². The number of carbonyl (C=O) groups is 2. The molecule has 2 aromatic rings. The number of hydrogen-bond acceptors (Lipinski definition) is 4. The smallest absolute Gasteiger partial charge is 0.269 e. The molecule has 0 saturated heterocycles. The Morgan fingerprint density at radius 3 is 1.78 bits per heavy atom. The van der Waals surface area contributed by atoms with Crippen molar-refractivity contribution in [3.63, 3.8) is 0 Å². The lowest BCUT2D eigenvalue weighted by Gasteiger charge is -2.09. The number of ether oxygens (including phenoxy) is 2. The summed E-state index contributed by atoms with van der Waals surface area (Å²) in [5.41, 5.74) is 5.65. The second-order valence-electron chi connectivity index (χ2n) is 6.07. The standard InChI is InChI=1S/C21H26N2O4/c1-3-4-5-6-15-27-19-13-9-17(10-14-19)21(25)23-22-20(24)16-7-11-18(26-2)12-8-16/h7-14H,3-6,15H2,1-2H3,(H,22,24)(H,23,25). The van der Waals surface area contributed by atoms with Crippen molar-refractivity contribution >= 4 is 11.8 Å². The van der Waals surface area contributed by atoms with Crippen LogP contribution in [0.1, 0.15) is 53.3 Å². The van der Waals surface area contributed by atoms with Crippen molar-refractivity contribution in [2.75, 3.05) is 13.7 Å². The van der Waals surface area contributed by atoms with Gasteiger partial charge in [-0.3, -0.25) is 20.4 Å². The normalized spacial score (nSPS) is 10.1. The minimum Gasteiger partial charge on any atom is -0.497 e. The van der Waals surface area contributed by atoms with E-state index in [1.54, 1.807) is 55.6 Å². The second kappa shape index (κ2) is 10.9. The largest absolute Gasteiger partial charge is 0.497 e. The fourth-order valence-electron chi connectivity index (χ4n) is 2.42. The molecule has 0 bridgehead atoms. The molecule has 0 heterocycles. The van der Waals surface area contributed by atoms with E-state index in [4.69, 9.17) is 9.47 Å². The molecular weight excluding hydrogens is 344 g/mol. The van der Waals surface area contributed by atoms with Crippen LogP contribution in [-0.4, -0.2) is 25.5 Å². The predicted octanol–water partition coefficient (Wildman–Crippen LogP) is 3.73. The Hall–Kier alpha value is -3.02. The topological polar surface area (TPSA) is 76.7 Å². The van der Waals surface area contributed by atoms with Crippen LogP contribution in [-0.2, 0) is 0 Å². The number of amides is 2. The van der Waals surface area contributed by atoms with Crippen LogP contribution in [0.15, 0.2) is 48.5 Å². The van der Waals surface area contributed by atoms with E-state index in [9.17, 15) is 9.59 Å². The first-order chi connectivity index (χ1) is 13.1. The molecule has 0 aliphatic heterocycles. The Balaban J connectivity index is 1.78. The van der Waals surface area contributed by atoms with Crippen LogP contribution >= 0.6 is 0 Å². The molecule has 0 saturated carbocycles. The molecule has 6 heteroatoms. The van der Waals surface area contributed by atoms with Gasteiger partial charge in [-0.2, -0.15) is 0 Å². The Kier molecular flexibility index (Phi) is 8.16. The Morgan fingerprint density at radius 1 is 0.778 bits per heavy atom. The van der Waals surface area contributed by atoms with Crippen LogP contribution in [0, 0.1) is 0 Å². The number of benzene rings is 2. The van der Waals surface area contributed by atoms with Gasteiger partial charge in [0, 0.05) is 11.1 Å². The molecule has 0 aromatic heterocycles. The summed E-state index contributed by atoms with van der Waals surface area (Å²) in [5.74, 6) is 0.581. The minimum absolute atomic E-state index is 0.397. The van der Waals surface area contributed by atoms with E-state index in [2.05, 4.69) is 17.8 Å². The number of nitrogens with one attached hydrogen (secondary N) is 2. The van der Waals surface area contributed by atoms with Crippen molar-refractivity contribution in [1.82, 2.24) is 10.9 Å². The van der Waals surface area contributed by atoms with Crippen LogP contribution in [0.2, 0.25) is 0 Å². The van der Waals surface area contributed by atoms with E-state index < -0.39 is 11.8 Å². The average Bonchev–Trinajstić information content (AvgIpc) is 2.72. The highest BCUT2D eigenvalue weighted by molar-refractivity contribution is 5.99. The summed E-state index contributed by atoms with van der Waals surface area (Å²) >= 11 is 0. The van der Waals surface area contributed by atoms with Crippen molar-refractivity contribution < 1.29 is 19.1 Å². The van der Waals surface area contributed by atoms with Crippen molar-refractivity contribution in [3.05, 3.63) is 59.7 Å². The zero-order valence-electron chi connectivity index (χ0n) is 15.8. The lowest BCUT2D eigenvalue weighted by Crippen LogP contribution is -2.41. The average molecular weight is 370 g/mol. The molecule has 0 fully saturated rings. The van der Waals surface area contributed by atoms with Gasteiger partial charge in [0.2, 0.25) is 0 Å². The maximum Gasteiger partial charge on any atom is 0.269 e. The maximum atomic E-state index is 12.1. The van der Waals surface area contributed by atoms with Gasteiger partial charge < -0.3 is 9.47 Å². The monoisotopic (exact) mass is 370 g/mol. The third-order valence-corrected chi connectivity index (χ3v) is 4.02. The summed E-state index contributed by atoms with van der Waals surface area (Å²) in [6.45, 7) is 2.84. The van der Waals surface area contributed by atoms with Gasteiger partial charge in [0.1, 0.15) is 11.5 Å². The lowest BCUT2D eigenvalue weighted by molar-refractivity contribution is 0.0846. The van der Waals surface area contributed by atoms with Gasteiger partial charge in [-0.15, -0.1) is 0 Å². The second-order valence-corrected chi connectivity index (χ2v) is 6.07. The van der Waals surface area contributed by atoms with Gasteiger partial charge in [0.05, 0.1) is 13.7 Å². The molecule has 0 atom stereocenters. The third-order valence-electron chi connectivity index (χ3n) is 4.02. The quantitative estimate of drug-likeness (QED) is 0.521. The predicted molar refractivity (Wildman–Crippen MR) is 104 cm³/mol. The first-order valence-electron chi connectivity index (χ1n) is 9.11. The number of unbranched alkanes of at least 4 members (excludes halogenated alkanes) is 3. The molecule has 0 aliphatic carbocycles. The van der Waals surface area contributed by atoms with Crippen molar-refractivity contribution in [1.29, 1.82) is 0 Å². The van der Waals surface area contributed by atoms with Gasteiger partial charge in [-0.05, 0) is 55.0 Å². The highest BCUT2D eigenvalue weighted by Gasteiger charge is 2.09. The molecule has 0 radical (unpaired) electrons. The van der Waals surface area contributed by atoms with Gasteiger partial charge in [0.15, 0.2) is 0 Å². The number of rotatable bonds is 9. The molecule has 0 unspecified atom stereocenters. The Morgan fingerprint density at radius 2 is 1.30 bits per heavy atom. The molecule has 2 N–H and O–H groups in total. The Labute approximate surface area is 159 Å². The van der Waals surface area contributed by atoms with Crippen LogP contribution in [0.4, 0.5) is 0 Å². The first kappa shape index (κ1) is 20.3. The van der Waals surface area contributed by atoms with E-state index >= 15 is 0 Å². The molecule has 2 rings (SSSR count). The Bertz CT molecular complexity index is 727. The van der Waals surface area contributed by atoms with Crippen LogP contribution in [0.3, 0.4) is 0 Å². The summed E-state index contributed by atoms with van der Waals surface area (Å²) in [7, 11) is 1.55. The van der Waals surface area contributed by atoms with Gasteiger partial charge >= 0.3 is 0 Å². The molecule has 0 aliphatic rings. The van der Waals surface area contributed by atoms with Crippen LogP contribution in [0.5, 0.6) is 11.5 Å². The zero-order valence-corrected chi connectivity index (χ0v) is 15.8. The van der Waals surface area contributed by atoms with Crippen molar-refractivity contribution in [3.8, 4) is 11.5 Å². The first-order valence-corrected chi connectivity index (χ1v) is 9.11. The summed E-state index contributed by atoms with van der Waals surface area (Å²) in [6.07, 6.45) is 4.59. The number of methoxy groups -OCH3 is 1. The van der Waals surface area contributed by atoms with Crippen LogP contribution < -0.4 is 20.3 Å². The molecule has 2 amide bonds. The summed E-state index contributed by atoms with van der Waals surface area (Å²) in [4.78, 5) is 24.2. The molecule has 27 heavy (non-hydrogen) atoms. The molecular formula is C21H26N2O4. The molecule has 2 aromatic carbocycles. The van der Waals surface area contributed by atoms with E-state index in [-0.39, 0.29) is 0 Å². The van der Waals surface area contributed by atoms with E-state index in [0.29, 0.717) is 23.5 Å². The highest BCUT2D eigenvalue weighted by Crippen LogP contribution is 2.13. The summed E-state index contributed by atoms with van der Waals surface area (Å²) in [6, 6.07) is 13.4. The fourth-order valence-corrected chi connectivity index (χ4v) is 2.42. The fraction of sp³-hybridized carbons (Fsp3) is 0.333. The summed E-state index contributed by atoms with van der Waals surface area (Å²) < 4.78 is 10.7. The van der Waals surface area contributed by atoms with E-state index in [0.717, 1.165) is 18.6 Å². The number of hydrazine groups is 1. The summed E-state index contributed by atoms with van der Waals surface area (Å²) in [5, 5.41) is 0. The lowest BCUT2D eigenvalue weighted by atomic mass is 10.2. The molecule has 144 valence electrons. The maximum absolute atomic E-state index is 12.1. The van der Waals surface area contributed by atoms with Crippen LogP contribution in [0.25, 0.3) is 0 Å². The van der Waals surface area contributed by atoms with Gasteiger partial charge in [-0.1, -0.05) is 26.2 Å². The number of carbonyl (C=O) groups excluding carboxylic acids is 2. The third kappa shape index (κ3) is 6.66. The van der Waals surface area contributed by atoms with E-state index in [1.807, 2.05) is 0 Å². The number of hydrogen-bond donors (Lipinski definition) is 2. The van der Waals surface area contributed by atoms with Crippen molar-refractivity contribution in [2.24, 2.45) is 0 Å². The SMILES string of the molecule is CCCCCCOc1ccc(C(=O)NNC(=O)c2ccc(OC)cc2)cc1.